The summed E-state index contributed by atoms with van der Waals surface area (Å²) in [4.78, 5) is -0.171. The van der Waals surface area contributed by atoms with Crippen molar-refractivity contribution in [2.24, 2.45) is 0 Å². The summed E-state index contributed by atoms with van der Waals surface area (Å²) in [6.07, 6.45) is 1.76. The highest BCUT2D eigenvalue weighted by Crippen LogP contribution is 2.03. The number of rotatable bonds is 3. The van der Waals surface area contributed by atoms with Gasteiger partial charge in [-0.05, 0) is 12.8 Å². The van der Waals surface area contributed by atoms with Gasteiger partial charge in [0.2, 0.25) is 0 Å². The van der Waals surface area contributed by atoms with E-state index in [1.54, 1.807) is 0 Å². The highest BCUT2D eigenvalue weighted by atomic mass is 35.5. The Morgan fingerprint density at radius 2 is 1.40 bits per heavy atom. The minimum Gasteiger partial charge on any atom is -0.127 e. The van der Waals surface area contributed by atoms with Gasteiger partial charge in [-0.25, -0.2) is 0 Å². The van der Waals surface area contributed by atoms with Gasteiger partial charge >= 0.3 is 0 Å². The Labute approximate surface area is 82.8 Å². The second kappa shape index (κ2) is 12.8. The van der Waals surface area contributed by atoms with Crippen LogP contribution in [-0.4, -0.2) is 16.6 Å². The van der Waals surface area contributed by atoms with Crippen molar-refractivity contribution in [2.75, 3.05) is 11.8 Å². The van der Waals surface area contributed by atoms with E-state index in [1.165, 1.54) is 0 Å². The van der Waals surface area contributed by atoms with Gasteiger partial charge in [0.1, 0.15) is 4.84 Å². The minimum atomic E-state index is -0.171. The molecule has 0 aromatic heterocycles. The Morgan fingerprint density at radius 1 is 1.10 bits per heavy atom. The van der Waals surface area contributed by atoms with Crippen molar-refractivity contribution in [3.8, 4) is 0 Å². The van der Waals surface area contributed by atoms with Crippen LogP contribution in [0, 0.1) is 0 Å². The third-order valence-corrected chi connectivity index (χ3v) is 1.73. The summed E-state index contributed by atoms with van der Waals surface area (Å²) in [7, 11) is 0. The molecule has 0 nitrogen and oxygen atoms in total. The Hall–Kier alpha value is 1.16. The molecule has 0 saturated heterocycles. The molecule has 0 heterocycles. The van der Waals surface area contributed by atoms with Crippen LogP contribution in [0.4, 0.5) is 0 Å². The Balaban J connectivity index is 0. The van der Waals surface area contributed by atoms with Gasteiger partial charge in [-0.2, -0.15) is 0 Å². The highest BCUT2D eigenvalue weighted by Gasteiger charge is 1.86. The van der Waals surface area contributed by atoms with E-state index in [0.29, 0.717) is 11.8 Å². The lowest BCUT2D eigenvalue weighted by Crippen LogP contribution is -1.75. The van der Waals surface area contributed by atoms with Crippen LogP contribution >= 0.6 is 46.4 Å². The zero-order valence-corrected chi connectivity index (χ0v) is 8.94. The maximum absolute atomic E-state index is 5.23. The molecule has 0 N–H and O–H groups in total. The molecule has 0 spiro atoms. The molecular weight excluding hydrogens is 214 g/mol. The summed E-state index contributed by atoms with van der Waals surface area (Å²) in [5.41, 5.74) is 0. The normalized spacial score (nSPS) is 9.00. The van der Waals surface area contributed by atoms with Crippen LogP contribution in [0.3, 0.4) is 0 Å². The number of alkyl halides is 4. The van der Waals surface area contributed by atoms with E-state index in [1.807, 2.05) is 6.92 Å². The lowest BCUT2D eigenvalue weighted by Gasteiger charge is -1.84. The molecule has 0 rings (SSSR count). The molecular formula is C6H12Cl4. The van der Waals surface area contributed by atoms with E-state index >= 15 is 0 Å². The summed E-state index contributed by atoms with van der Waals surface area (Å²) in [6, 6.07) is 0. The molecule has 0 aromatic carbocycles. The van der Waals surface area contributed by atoms with Crippen molar-refractivity contribution >= 4 is 46.4 Å². The fourth-order valence-corrected chi connectivity index (χ4v) is 0.455. The molecule has 10 heavy (non-hydrogen) atoms. The molecule has 0 saturated carbocycles. The molecule has 64 valence electrons. The predicted octanol–water partition coefficient (Wildman–Crippen LogP) is 4.05. The number of hydrogen-bond acceptors (Lipinski definition) is 0. The van der Waals surface area contributed by atoms with E-state index in [-0.39, 0.29) is 4.84 Å². The van der Waals surface area contributed by atoms with Gasteiger partial charge in [0.25, 0.3) is 0 Å². The zero-order valence-electron chi connectivity index (χ0n) is 5.92. The molecule has 0 aromatic rings. The quantitative estimate of drug-likeness (QED) is 0.636. The van der Waals surface area contributed by atoms with E-state index < -0.39 is 0 Å². The van der Waals surface area contributed by atoms with Crippen LogP contribution in [0.1, 0.15) is 19.8 Å². The van der Waals surface area contributed by atoms with Crippen LogP contribution in [0.25, 0.3) is 0 Å². The minimum absolute atomic E-state index is 0.171. The van der Waals surface area contributed by atoms with Crippen molar-refractivity contribution in [3.63, 3.8) is 0 Å². The Bertz CT molecular complexity index is 45.0. The first-order valence-corrected chi connectivity index (χ1v) is 5.03. The van der Waals surface area contributed by atoms with Gasteiger partial charge in [0, 0.05) is 11.8 Å². The van der Waals surface area contributed by atoms with Crippen LogP contribution in [0.2, 0.25) is 0 Å². The summed E-state index contributed by atoms with van der Waals surface area (Å²) < 4.78 is 0. The van der Waals surface area contributed by atoms with Crippen molar-refractivity contribution in [3.05, 3.63) is 0 Å². The second-order valence-corrected chi connectivity index (χ2v) is 3.56. The topological polar surface area (TPSA) is 0 Å². The maximum atomic E-state index is 5.23. The van der Waals surface area contributed by atoms with Gasteiger partial charge in [0.15, 0.2) is 0 Å². The first kappa shape index (κ1) is 13.7. The molecule has 0 aliphatic rings. The standard InChI is InChI=1S/2C3H6Cl2/c1-2-3(4)5;4-2-1-3-5/h3H,2H2,1H3;1-3H2. The number of halogens is 4. The largest absolute Gasteiger partial charge is 0.127 e. The van der Waals surface area contributed by atoms with Crippen molar-refractivity contribution in [1.82, 2.24) is 0 Å². The van der Waals surface area contributed by atoms with E-state index in [9.17, 15) is 0 Å². The zero-order chi connectivity index (χ0) is 8.41. The van der Waals surface area contributed by atoms with Crippen molar-refractivity contribution in [2.45, 2.75) is 24.6 Å². The molecule has 0 radical (unpaired) electrons. The molecule has 4 heteroatoms. The van der Waals surface area contributed by atoms with E-state index in [2.05, 4.69) is 0 Å². The van der Waals surface area contributed by atoms with E-state index in [0.717, 1.165) is 12.8 Å². The lowest BCUT2D eigenvalue weighted by molar-refractivity contribution is 1.04. The molecule has 0 fully saturated rings. The van der Waals surface area contributed by atoms with Crippen molar-refractivity contribution in [1.29, 1.82) is 0 Å². The summed E-state index contributed by atoms with van der Waals surface area (Å²) in [6.45, 7) is 1.94. The van der Waals surface area contributed by atoms with Crippen LogP contribution in [0.15, 0.2) is 0 Å². The van der Waals surface area contributed by atoms with Gasteiger partial charge in [-0.1, -0.05) is 6.92 Å². The average Bonchev–Trinajstić information content (AvgIpc) is 1.91. The molecule has 0 atom stereocenters. The van der Waals surface area contributed by atoms with Gasteiger partial charge < -0.3 is 0 Å². The second-order valence-electron chi connectivity index (χ2n) is 1.53. The van der Waals surface area contributed by atoms with Crippen LogP contribution in [0.5, 0.6) is 0 Å². The maximum Gasteiger partial charge on any atom is 0.107 e. The highest BCUT2D eigenvalue weighted by molar-refractivity contribution is 6.44. The summed E-state index contributed by atoms with van der Waals surface area (Å²) in [5.74, 6) is 1.37. The first-order valence-electron chi connectivity index (χ1n) is 3.09. The third-order valence-electron chi connectivity index (χ3n) is 0.576. The Morgan fingerprint density at radius 3 is 1.40 bits per heavy atom. The molecule has 0 amide bonds. The Kier molecular flexibility index (Phi) is 17.6. The molecule has 0 bridgehead atoms. The lowest BCUT2D eigenvalue weighted by atomic mass is 10.6. The molecule has 0 aliphatic carbocycles. The third kappa shape index (κ3) is 22.9. The van der Waals surface area contributed by atoms with Gasteiger partial charge in [0.05, 0.1) is 0 Å². The number of hydrogen-bond donors (Lipinski definition) is 0. The smallest absolute Gasteiger partial charge is 0.107 e. The fraction of sp³-hybridized carbons (Fsp3) is 1.00. The monoisotopic (exact) mass is 224 g/mol. The summed E-state index contributed by atoms with van der Waals surface area (Å²) >= 11 is 20.9. The SMILES string of the molecule is CCC(Cl)Cl.ClCCCCl. The predicted molar refractivity (Wildman–Crippen MR) is 51.8 cm³/mol. The van der Waals surface area contributed by atoms with Crippen LogP contribution in [-0.2, 0) is 0 Å². The van der Waals surface area contributed by atoms with E-state index in [4.69, 9.17) is 46.4 Å². The fourth-order valence-electron chi connectivity index (χ4n) is 0.0505. The summed E-state index contributed by atoms with van der Waals surface area (Å²) in [5, 5.41) is 0. The van der Waals surface area contributed by atoms with Gasteiger partial charge in [-0.3, -0.25) is 0 Å². The molecule has 0 unspecified atom stereocenters. The van der Waals surface area contributed by atoms with Crippen LogP contribution < -0.4 is 0 Å². The molecule has 0 aliphatic heterocycles. The first-order chi connectivity index (χ1) is 4.68. The van der Waals surface area contributed by atoms with Crippen molar-refractivity contribution < 1.29 is 0 Å². The average molecular weight is 226 g/mol. The van der Waals surface area contributed by atoms with Gasteiger partial charge in [-0.15, -0.1) is 46.4 Å².